The van der Waals surface area contributed by atoms with Crippen molar-refractivity contribution in [2.45, 2.75) is 13.3 Å². The number of hydrogen-bond acceptors (Lipinski definition) is 3. The predicted molar refractivity (Wildman–Crippen MR) is 52.0 cm³/mol. The molecule has 0 spiro atoms. The normalized spacial score (nSPS) is 15.9. The molecule has 1 heterocycles. The first-order valence-corrected chi connectivity index (χ1v) is 4.71. The summed E-state index contributed by atoms with van der Waals surface area (Å²) < 4.78 is 0. The summed E-state index contributed by atoms with van der Waals surface area (Å²) in [4.78, 5) is 13.0. The number of rotatable bonds is 4. The van der Waals surface area contributed by atoms with Crippen LogP contribution in [0.4, 0.5) is 0 Å². The van der Waals surface area contributed by atoms with Crippen molar-refractivity contribution in [2.75, 3.05) is 26.3 Å². The van der Waals surface area contributed by atoms with Crippen LogP contribution in [0.25, 0.3) is 0 Å². The largest absolute Gasteiger partial charge is 0.363 e. The second-order valence-corrected chi connectivity index (χ2v) is 3.01. The molecule has 4 nitrogen and oxygen atoms in total. The van der Waals surface area contributed by atoms with Gasteiger partial charge in [0.2, 0.25) is 5.91 Å². The minimum absolute atomic E-state index is 0.119. The Kier molecular flexibility index (Phi) is 4.32. The van der Waals surface area contributed by atoms with E-state index >= 15 is 0 Å². The molecule has 0 aromatic rings. The molecule has 1 aliphatic rings. The van der Waals surface area contributed by atoms with E-state index in [9.17, 15) is 4.79 Å². The number of nitrogens with zero attached hydrogens (tertiary/aromatic N) is 1. The predicted octanol–water partition coefficient (Wildman–Crippen LogP) is -0.111. The van der Waals surface area contributed by atoms with Gasteiger partial charge >= 0.3 is 0 Å². The Hall–Kier alpha value is -1.03. The highest BCUT2D eigenvalue weighted by molar-refractivity contribution is 5.75. The number of hydrogen-bond donors (Lipinski definition) is 2. The quantitative estimate of drug-likeness (QED) is 0.639. The van der Waals surface area contributed by atoms with E-state index in [0.29, 0.717) is 6.42 Å². The average molecular weight is 183 g/mol. The zero-order valence-corrected chi connectivity index (χ0v) is 8.05. The number of nitrogens with one attached hydrogen (secondary N) is 2. The van der Waals surface area contributed by atoms with Gasteiger partial charge < -0.3 is 10.2 Å². The van der Waals surface area contributed by atoms with Crippen LogP contribution >= 0.6 is 0 Å². The van der Waals surface area contributed by atoms with Gasteiger partial charge in [-0.3, -0.25) is 10.1 Å². The van der Waals surface area contributed by atoms with E-state index in [1.54, 1.807) is 0 Å². The van der Waals surface area contributed by atoms with Crippen LogP contribution < -0.4 is 10.6 Å². The fourth-order valence-electron chi connectivity index (χ4n) is 1.16. The maximum absolute atomic E-state index is 10.9. The van der Waals surface area contributed by atoms with E-state index in [1.165, 1.54) is 0 Å². The molecule has 1 aliphatic heterocycles. The van der Waals surface area contributed by atoms with Crippen molar-refractivity contribution in [3.05, 3.63) is 12.3 Å². The lowest BCUT2D eigenvalue weighted by Gasteiger charge is -2.23. The SMILES string of the molecule is CCC(=O)NCCN1C=CCNC1. The van der Waals surface area contributed by atoms with E-state index in [1.807, 2.05) is 6.92 Å². The van der Waals surface area contributed by atoms with Gasteiger partial charge in [-0.1, -0.05) is 13.0 Å². The Bertz CT molecular complexity index is 191. The first kappa shape index (κ1) is 10.1. The summed E-state index contributed by atoms with van der Waals surface area (Å²) in [5, 5.41) is 6.05. The third kappa shape index (κ3) is 3.94. The van der Waals surface area contributed by atoms with Crippen molar-refractivity contribution in [1.29, 1.82) is 0 Å². The molecule has 0 saturated heterocycles. The van der Waals surface area contributed by atoms with Crippen molar-refractivity contribution in [3.8, 4) is 0 Å². The molecular weight excluding hydrogens is 166 g/mol. The lowest BCUT2D eigenvalue weighted by atomic mass is 10.4. The van der Waals surface area contributed by atoms with Crippen LogP contribution in [0, 0.1) is 0 Å². The fraction of sp³-hybridized carbons (Fsp3) is 0.667. The van der Waals surface area contributed by atoms with Gasteiger partial charge in [-0.25, -0.2) is 0 Å². The van der Waals surface area contributed by atoms with Crippen molar-refractivity contribution < 1.29 is 4.79 Å². The molecule has 2 N–H and O–H groups in total. The van der Waals surface area contributed by atoms with Crippen LogP contribution in [-0.4, -0.2) is 37.1 Å². The smallest absolute Gasteiger partial charge is 0.219 e. The molecular formula is C9H17N3O. The van der Waals surface area contributed by atoms with E-state index < -0.39 is 0 Å². The first-order valence-electron chi connectivity index (χ1n) is 4.71. The Morgan fingerprint density at radius 2 is 2.54 bits per heavy atom. The van der Waals surface area contributed by atoms with Gasteiger partial charge in [-0.05, 0) is 6.20 Å². The van der Waals surface area contributed by atoms with Crippen molar-refractivity contribution >= 4 is 5.91 Å². The van der Waals surface area contributed by atoms with Gasteiger partial charge in [0, 0.05) is 26.1 Å². The number of carbonyl (C=O) groups is 1. The molecule has 74 valence electrons. The molecule has 0 aromatic heterocycles. The standard InChI is InChI=1S/C9H17N3O/c1-2-9(13)11-5-7-12-6-3-4-10-8-12/h3,6,10H,2,4-5,7-8H2,1H3,(H,11,13). The highest BCUT2D eigenvalue weighted by atomic mass is 16.1. The third-order valence-corrected chi connectivity index (χ3v) is 1.94. The molecule has 0 atom stereocenters. The van der Waals surface area contributed by atoms with Gasteiger partial charge in [0.15, 0.2) is 0 Å². The zero-order chi connectivity index (χ0) is 9.52. The van der Waals surface area contributed by atoms with Gasteiger partial charge in [-0.15, -0.1) is 0 Å². The minimum atomic E-state index is 0.119. The van der Waals surface area contributed by atoms with Crippen LogP contribution in [0.15, 0.2) is 12.3 Å². The van der Waals surface area contributed by atoms with Crippen LogP contribution in [0.5, 0.6) is 0 Å². The molecule has 0 aromatic carbocycles. The topological polar surface area (TPSA) is 44.4 Å². The summed E-state index contributed by atoms with van der Waals surface area (Å²) in [7, 11) is 0. The Morgan fingerprint density at radius 3 is 3.15 bits per heavy atom. The van der Waals surface area contributed by atoms with Crippen molar-refractivity contribution in [2.24, 2.45) is 0 Å². The molecule has 0 unspecified atom stereocenters. The number of carbonyl (C=O) groups excluding carboxylic acids is 1. The molecule has 1 rings (SSSR count). The lowest BCUT2D eigenvalue weighted by Crippen LogP contribution is -2.39. The molecule has 0 radical (unpaired) electrons. The lowest BCUT2D eigenvalue weighted by molar-refractivity contribution is -0.120. The second-order valence-electron chi connectivity index (χ2n) is 3.01. The van der Waals surface area contributed by atoms with E-state index in [2.05, 4.69) is 27.8 Å². The van der Waals surface area contributed by atoms with Crippen LogP contribution in [0.1, 0.15) is 13.3 Å². The molecule has 4 heteroatoms. The molecule has 0 fully saturated rings. The molecule has 13 heavy (non-hydrogen) atoms. The van der Waals surface area contributed by atoms with Gasteiger partial charge in [0.05, 0.1) is 6.67 Å². The second kappa shape index (κ2) is 5.59. The first-order chi connectivity index (χ1) is 6.33. The number of amides is 1. The molecule has 0 bridgehead atoms. The minimum Gasteiger partial charge on any atom is -0.363 e. The summed E-state index contributed by atoms with van der Waals surface area (Å²) in [5.41, 5.74) is 0. The summed E-state index contributed by atoms with van der Waals surface area (Å²) in [5.74, 6) is 0.119. The maximum atomic E-state index is 10.9. The maximum Gasteiger partial charge on any atom is 0.219 e. The molecule has 0 saturated carbocycles. The van der Waals surface area contributed by atoms with Gasteiger partial charge in [0.25, 0.3) is 0 Å². The van der Waals surface area contributed by atoms with E-state index in [0.717, 1.165) is 26.3 Å². The Morgan fingerprint density at radius 1 is 1.69 bits per heavy atom. The summed E-state index contributed by atoms with van der Waals surface area (Å²) in [6.07, 6.45) is 4.70. The van der Waals surface area contributed by atoms with Crippen LogP contribution in [0.2, 0.25) is 0 Å². The fourth-order valence-corrected chi connectivity index (χ4v) is 1.16. The Labute approximate surface area is 79.0 Å². The molecule has 0 aliphatic carbocycles. The van der Waals surface area contributed by atoms with Crippen LogP contribution in [-0.2, 0) is 4.79 Å². The highest BCUT2D eigenvalue weighted by Crippen LogP contribution is 1.91. The van der Waals surface area contributed by atoms with Crippen molar-refractivity contribution in [3.63, 3.8) is 0 Å². The average Bonchev–Trinajstić information content (AvgIpc) is 2.19. The summed E-state index contributed by atoms with van der Waals surface area (Å²) in [6.45, 7) is 5.27. The van der Waals surface area contributed by atoms with Gasteiger partial charge in [-0.2, -0.15) is 0 Å². The van der Waals surface area contributed by atoms with E-state index in [4.69, 9.17) is 0 Å². The van der Waals surface area contributed by atoms with Crippen molar-refractivity contribution in [1.82, 2.24) is 15.5 Å². The van der Waals surface area contributed by atoms with E-state index in [-0.39, 0.29) is 5.91 Å². The highest BCUT2D eigenvalue weighted by Gasteiger charge is 2.02. The summed E-state index contributed by atoms with van der Waals surface area (Å²) in [6, 6.07) is 0. The third-order valence-electron chi connectivity index (χ3n) is 1.94. The van der Waals surface area contributed by atoms with Crippen LogP contribution in [0.3, 0.4) is 0 Å². The Balaban J connectivity index is 2.08. The van der Waals surface area contributed by atoms with Gasteiger partial charge in [0.1, 0.15) is 0 Å². The summed E-state index contributed by atoms with van der Waals surface area (Å²) >= 11 is 0. The zero-order valence-electron chi connectivity index (χ0n) is 8.05. The molecule has 1 amide bonds. The monoisotopic (exact) mass is 183 g/mol.